The topological polar surface area (TPSA) is 104 Å². The Balaban J connectivity index is 1.41. The number of nitrogens with one attached hydrogen (secondary N) is 1. The second-order valence-electron chi connectivity index (χ2n) is 6.89. The van der Waals surface area contributed by atoms with Gasteiger partial charge in [0, 0.05) is 46.8 Å². The molecule has 0 radical (unpaired) electrons. The van der Waals surface area contributed by atoms with Gasteiger partial charge in [0.25, 0.3) is 5.69 Å². The summed E-state index contributed by atoms with van der Waals surface area (Å²) in [5, 5.41) is 17.0. The standard InChI is InChI=1S/C22H19N3O5S/c1-14-24-20(12-31-14)16-4-2-15(3-5-16)10-23-21(26)7-6-17-8-19(25(27)28)9-18-11-29-13-30-22(17)18/h2-9,12H,10-11,13H2,1H3,(H,23,26)/b7-6+. The first-order valence-electron chi connectivity index (χ1n) is 9.49. The number of amides is 1. The maximum Gasteiger partial charge on any atom is 0.270 e. The molecule has 0 atom stereocenters. The number of benzene rings is 2. The Hall–Kier alpha value is -3.56. The third-order valence-electron chi connectivity index (χ3n) is 4.68. The van der Waals surface area contributed by atoms with E-state index in [2.05, 4.69) is 10.3 Å². The number of thiazole rings is 1. The Morgan fingerprint density at radius 2 is 2.13 bits per heavy atom. The van der Waals surface area contributed by atoms with Crippen molar-refractivity contribution in [3.8, 4) is 17.0 Å². The molecule has 158 valence electrons. The summed E-state index contributed by atoms with van der Waals surface area (Å²) in [7, 11) is 0. The molecule has 2 aromatic carbocycles. The molecule has 0 fully saturated rings. The number of fused-ring (bicyclic) bond motifs is 1. The number of nitro benzene ring substituents is 1. The van der Waals surface area contributed by atoms with Crippen LogP contribution in [0.5, 0.6) is 5.75 Å². The Morgan fingerprint density at radius 3 is 2.84 bits per heavy atom. The van der Waals surface area contributed by atoms with Crippen LogP contribution in [0.15, 0.2) is 47.9 Å². The van der Waals surface area contributed by atoms with Crippen LogP contribution in [0.25, 0.3) is 17.3 Å². The van der Waals surface area contributed by atoms with E-state index in [1.165, 1.54) is 24.3 Å². The summed E-state index contributed by atoms with van der Waals surface area (Å²) in [6.07, 6.45) is 2.85. The van der Waals surface area contributed by atoms with Crippen molar-refractivity contribution in [3.63, 3.8) is 0 Å². The highest BCUT2D eigenvalue weighted by Gasteiger charge is 2.19. The average Bonchev–Trinajstić information content (AvgIpc) is 3.22. The smallest absolute Gasteiger partial charge is 0.270 e. The van der Waals surface area contributed by atoms with Crippen LogP contribution in [0.4, 0.5) is 5.69 Å². The Bertz CT molecular complexity index is 1150. The number of hydrogen-bond donors (Lipinski definition) is 1. The molecule has 0 saturated carbocycles. The fourth-order valence-corrected chi connectivity index (χ4v) is 3.79. The van der Waals surface area contributed by atoms with Crippen molar-refractivity contribution in [1.29, 1.82) is 0 Å². The number of hydrogen-bond acceptors (Lipinski definition) is 7. The summed E-state index contributed by atoms with van der Waals surface area (Å²) >= 11 is 1.60. The normalized spacial score (nSPS) is 12.9. The van der Waals surface area contributed by atoms with Gasteiger partial charge in [0.05, 0.1) is 22.2 Å². The summed E-state index contributed by atoms with van der Waals surface area (Å²) in [5.41, 5.74) is 3.88. The lowest BCUT2D eigenvalue weighted by atomic mass is 10.1. The number of rotatable bonds is 6. The van der Waals surface area contributed by atoms with Gasteiger partial charge in [0.2, 0.25) is 5.91 Å². The minimum atomic E-state index is -0.483. The van der Waals surface area contributed by atoms with Crippen LogP contribution in [0.3, 0.4) is 0 Å². The molecule has 0 saturated heterocycles. The predicted octanol–water partition coefficient (Wildman–Crippen LogP) is 4.22. The van der Waals surface area contributed by atoms with Crippen LogP contribution in [0, 0.1) is 17.0 Å². The zero-order valence-electron chi connectivity index (χ0n) is 16.7. The van der Waals surface area contributed by atoms with Crippen LogP contribution in [-0.4, -0.2) is 22.6 Å². The monoisotopic (exact) mass is 437 g/mol. The zero-order chi connectivity index (χ0) is 21.8. The number of aryl methyl sites for hydroxylation is 1. The molecular weight excluding hydrogens is 418 g/mol. The number of carbonyl (C=O) groups excluding carboxylic acids is 1. The lowest BCUT2D eigenvalue weighted by molar-refractivity contribution is -0.385. The first kappa shape index (κ1) is 20.7. The Kier molecular flexibility index (Phi) is 6.06. The maximum atomic E-state index is 12.3. The molecule has 8 nitrogen and oxygen atoms in total. The third kappa shape index (κ3) is 4.96. The highest BCUT2D eigenvalue weighted by Crippen LogP contribution is 2.33. The largest absolute Gasteiger partial charge is 0.467 e. The maximum absolute atomic E-state index is 12.3. The summed E-state index contributed by atoms with van der Waals surface area (Å²) in [4.78, 5) is 27.4. The first-order chi connectivity index (χ1) is 15.0. The number of aromatic nitrogens is 1. The number of non-ortho nitro benzene ring substituents is 1. The molecule has 0 unspecified atom stereocenters. The van der Waals surface area contributed by atoms with Gasteiger partial charge in [-0.3, -0.25) is 14.9 Å². The molecule has 1 aliphatic heterocycles. The first-order valence-corrected chi connectivity index (χ1v) is 10.4. The molecule has 0 bridgehead atoms. The molecule has 31 heavy (non-hydrogen) atoms. The second-order valence-corrected chi connectivity index (χ2v) is 7.95. The SMILES string of the molecule is Cc1nc(-c2ccc(CNC(=O)/C=C/c3cc([N+](=O)[O-])cc4c3OCOC4)cc2)cs1. The fourth-order valence-electron chi connectivity index (χ4n) is 3.16. The van der Waals surface area contributed by atoms with Crippen LogP contribution in [0.1, 0.15) is 21.7 Å². The van der Waals surface area contributed by atoms with Gasteiger partial charge in [-0.05, 0) is 18.6 Å². The summed E-state index contributed by atoms with van der Waals surface area (Å²) in [5.74, 6) is 0.181. The van der Waals surface area contributed by atoms with Crippen LogP contribution < -0.4 is 10.1 Å². The van der Waals surface area contributed by atoms with Gasteiger partial charge in [0.1, 0.15) is 5.75 Å². The van der Waals surface area contributed by atoms with E-state index >= 15 is 0 Å². The van der Waals surface area contributed by atoms with Crippen molar-refractivity contribution >= 4 is 29.0 Å². The van der Waals surface area contributed by atoms with Gasteiger partial charge in [-0.1, -0.05) is 24.3 Å². The van der Waals surface area contributed by atoms with Crippen molar-refractivity contribution in [3.05, 3.63) is 79.7 Å². The van der Waals surface area contributed by atoms with Gasteiger partial charge in [-0.2, -0.15) is 0 Å². The summed E-state index contributed by atoms with van der Waals surface area (Å²) in [6.45, 7) is 2.61. The second kappa shape index (κ2) is 9.07. The number of nitrogens with zero attached hydrogens (tertiary/aromatic N) is 2. The van der Waals surface area contributed by atoms with Crippen molar-refractivity contribution in [2.45, 2.75) is 20.1 Å². The van der Waals surface area contributed by atoms with Crippen molar-refractivity contribution in [1.82, 2.24) is 10.3 Å². The van der Waals surface area contributed by atoms with Gasteiger partial charge in [-0.15, -0.1) is 11.3 Å². The number of carbonyl (C=O) groups is 1. The van der Waals surface area contributed by atoms with E-state index in [4.69, 9.17) is 9.47 Å². The molecule has 1 amide bonds. The molecule has 1 aliphatic rings. The minimum Gasteiger partial charge on any atom is -0.467 e. The van der Waals surface area contributed by atoms with Crippen LogP contribution in [-0.2, 0) is 22.7 Å². The van der Waals surface area contributed by atoms with E-state index < -0.39 is 4.92 Å². The van der Waals surface area contributed by atoms with E-state index in [9.17, 15) is 14.9 Å². The van der Waals surface area contributed by atoms with E-state index in [-0.39, 0.29) is 25.0 Å². The molecule has 0 spiro atoms. The predicted molar refractivity (Wildman–Crippen MR) is 117 cm³/mol. The number of ether oxygens (including phenoxy) is 2. The van der Waals surface area contributed by atoms with Gasteiger partial charge in [0.15, 0.2) is 6.79 Å². The molecule has 1 N–H and O–H groups in total. The minimum absolute atomic E-state index is 0.0638. The fraction of sp³-hybridized carbons (Fsp3) is 0.182. The summed E-state index contributed by atoms with van der Waals surface area (Å²) in [6, 6.07) is 10.6. The highest BCUT2D eigenvalue weighted by molar-refractivity contribution is 7.09. The van der Waals surface area contributed by atoms with Crippen molar-refractivity contribution in [2.24, 2.45) is 0 Å². The van der Waals surface area contributed by atoms with E-state index in [0.29, 0.717) is 23.4 Å². The van der Waals surface area contributed by atoms with E-state index in [1.807, 2.05) is 36.6 Å². The number of nitro groups is 1. The molecule has 9 heteroatoms. The van der Waals surface area contributed by atoms with Crippen molar-refractivity contribution < 1.29 is 19.2 Å². The third-order valence-corrected chi connectivity index (χ3v) is 5.46. The zero-order valence-corrected chi connectivity index (χ0v) is 17.5. The average molecular weight is 437 g/mol. The van der Waals surface area contributed by atoms with E-state index in [0.717, 1.165) is 21.8 Å². The molecule has 0 aliphatic carbocycles. The lowest BCUT2D eigenvalue weighted by Crippen LogP contribution is -2.20. The highest BCUT2D eigenvalue weighted by atomic mass is 32.1. The summed E-state index contributed by atoms with van der Waals surface area (Å²) < 4.78 is 10.7. The van der Waals surface area contributed by atoms with Gasteiger partial charge < -0.3 is 14.8 Å². The molecular formula is C22H19N3O5S. The van der Waals surface area contributed by atoms with E-state index in [1.54, 1.807) is 11.3 Å². The molecule has 1 aromatic heterocycles. The van der Waals surface area contributed by atoms with Crippen LogP contribution in [0.2, 0.25) is 0 Å². The quantitative estimate of drug-likeness (QED) is 0.352. The van der Waals surface area contributed by atoms with Gasteiger partial charge in [-0.25, -0.2) is 4.98 Å². The molecule has 4 rings (SSSR count). The Morgan fingerprint density at radius 1 is 1.32 bits per heavy atom. The Labute approximate surface area is 182 Å². The molecule has 2 heterocycles. The lowest BCUT2D eigenvalue weighted by Gasteiger charge is -2.19. The van der Waals surface area contributed by atoms with Gasteiger partial charge >= 0.3 is 0 Å². The van der Waals surface area contributed by atoms with Crippen LogP contribution >= 0.6 is 11.3 Å². The molecule has 3 aromatic rings. The van der Waals surface area contributed by atoms with Crippen molar-refractivity contribution in [2.75, 3.05) is 6.79 Å².